The Morgan fingerprint density at radius 1 is 1.09 bits per heavy atom. The topological polar surface area (TPSA) is 79.4 Å². The van der Waals surface area contributed by atoms with E-state index in [1.807, 2.05) is 13.0 Å². The third-order valence-electron chi connectivity index (χ3n) is 3.62. The summed E-state index contributed by atoms with van der Waals surface area (Å²) >= 11 is 0. The quantitative estimate of drug-likeness (QED) is 0.876. The van der Waals surface area contributed by atoms with Crippen molar-refractivity contribution in [3.8, 4) is 0 Å². The molecule has 1 N–H and O–H groups in total. The van der Waals surface area contributed by atoms with Gasteiger partial charge in [0.05, 0.1) is 11.1 Å². The normalized spacial score (nSPS) is 13.2. The van der Waals surface area contributed by atoms with Crippen molar-refractivity contribution in [2.75, 3.05) is 11.9 Å². The van der Waals surface area contributed by atoms with Crippen molar-refractivity contribution in [3.05, 3.63) is 59.3 Å². The maximum absolute atomic E-state index is 12.2. The van der Waals surface area contributed by atoms with E-state index < -0.39 is 0 Å². The first kappa shape index (κ1) is 14.9. The highest BCUT2D eigenvalue weighted by atomic mass is 16.2. The number of aromatic nitrogens is 1. The molecule has 2 heterocycles. The van der Waals surface area contributed by atoms with E-state index in [2.05, 4.69) is 10.3 Å². The van der Waals surface area contributed by atoms with Crippen LogP contribution in [0, 0.1) is 6.92 Å². The number of rotatable bonds is 4. The van der Waals surface area contributed by atoms with Gasteiger partial charge in [-0.05, 0) is 30.7 Å². The number of benzene rings is 1. The summed E-state index contributed by atoms with van der Waals surface area (Å²) in [5.41, 5.74) is 1.77. The monoisotopic (exact) mass is 309 g/mol. The van der Waals surface area contributed by atoms with E-state index in [0.717, 1.165) is 10.5 Å². The maximum Gasteiger partial charge on any atom is 0.261 e. The highest BCUT2D eigenvalue weighted by molar-refractivity contribution is 6.21. The summed E-state index contributed by atoms with van der Waals surface area (Å²) in [4.78, 5) is 41.5. The van der Waals surface area contributed by atoms with Gasteiger partial charge in [-0.15, -0.1) is 0 Å². The summed E-state index contributed by atoms with van der Waals surface area (Å²) in [5, 5.41) is 2.64. The van der Waals surface area contributed by atoms with Crippen molar-refractivity contribution in [2.24, 2.45) is 0 Å². The van der Waals surface area contributed by atoms with Gasteiger partial charge in [-0.25, -0.2) is 4.98 Å². The Balaban J connectivity index is 1.61. The number of hydrogen-bond acceptors (Lipinski definition) is 4. The van der Waals surface area contributed by atoms with E-state index in [1.54, 1.807) is 36.5 Å². The minimum absolute atomic E-state index is 0.0288. The summed E-state index contributed by atoms with van der Waals surface area (Å²) in [7, 11) is 0. The lowest BCUT2D eigenvalue weighted by Gasteiger charge is -2.13. The molecule has 1 aromatic carbocycles. The second kappa shape index (κ2) is 6.00. The highest BCUT2D eigenvalue weighted by Gasteiger charge is 2.34. The average molecular weight is 309 g/mol. The largest absolute Gasteiger partial charge is 0.311 e. The fraction of sp³-hybridized carbons (Fsp3) is 0.176. The molecule has 23 heavy (non-hydrogen) atoms. The Kier molecular flexibility index (Phi) is 3.89. The van der Waals surface area contributed by atoms with Crippen LogP contribution in [-0.4, -0.2) is 34.2 Å². The molecule has 6 heteroatoms. The summed E-state index contributed by atoms with van der Waals surface area (Å²) in [6.45, 7) is 1.95. The molecule has 0 atom stereocenters. The van der Waals surface area contributed by atoms with Crippen LogP contribution in [0.1, 0.15) is 32.7 Å². The van der Waals surface area contributed by atoms with Crippen LogP contribution in [0.4, 0.5) is 5.82 Å². The molecule has 0 saturated heterocycles. The smallest absolute Gasteiger partial charge is 0.261 e. The zero-order valence-corrected chi connectivity index (χ0v) is 12.6. The Bertz CT molecular complexity index is 749. The molecule has 0 fully saturated rings. The number of nitrogens with zero attached hydrogens (tertiary/aromatic N) is 2. The lowest BCUT2D eigenvalue weighted by atomic mass is 10.1. The molecule has 1 aliphatic heterocycles. The van der Waals surface area contributed by atoms with Gasteiger partial charge in [-0.2, -0.15) is 0 Å². The summed E-state index contributed by atoms with van der Waals surface area (Å²) < 4.78 is 0. The molecule has 0 saturated carbocycles. The van der Waals surface area contributed by atoms with Crippen LogP contribution in [0.15, 0.2) is 42.6 Å². The number of aryl methyl sites for hydroxylation is 1. The Morgan fingerprint density at radius 3 is 2.30 bits per heavy atom. The van der Waals surface area contributed by atoms with E-state index in [1.165, 1.54) is 0 Å². The van der Waals surface area contributed by atoms with Crippen LogP contribution in [0.25, 0.3) is 0 Å². The van der Waals surface area contributed by atoms with Crippen molar-refractivity contribution < 1.29 is 14.4 Å². The first-order valence-electron chi connectivity index (χ1n) is 7.24. The predicted molar refractivity (Wildman–Crippen MR) is 84.0 cm³/mol. The van der Waals surface area contributed by atoms with Gasteiger partial charge >= 0.3 is 0 Å². The average Bonchev–Trinajstić information content (AvgIpc) is 2.80. The molecule has 0 unspecified atom stereocenters. The zero-order valence-electron chi connectivity index (χ0n) is 12.6. The first-order chi connectivity index (χ1) is 11.1. The van der Waals surface area contributed by atoms with Crippen molar-refractivity contribution in [1.82, 2.24) is 9.88 Å². The van der Waals surface area contributed by atoms with Crippen molar-refractivity contribution in [2.45, 2.75) is 13.3 Å². The number of imide groups is 1. The molecule has 3 amide bonds. The zero-order chi connectivity index (χ0) is 16.4. The SMILES string of the molecule is Cc1ccc(NC(=O)CCN2C(=O)c3ccccc3C2=O)nc1. The molecular weight excluding hydrogens is 294 g/mol. The number of fused-ring (bicyclic) bond motifs is 1. The van der Waals surface area contributed by atoms with Crippen molar-refractivity contribution in [1.29, 1.82) is 0 Å². The van der Waals surface area contributed by atoms with E-state index in [-0.39, 0.29) is 30.7 Å². The third kappa shape index (κ3) is 2.96. The van der Waals surface area contributed by atoms with Gasteiger partial charge in [0.2, 0.25) is 5.91 Å². The van der Waals surface area contributed by atoms with Crippen LogP contribution in [0.2, 0.25) is 0 Å². The van der Waals surface area contributed by atoms with Crippen LogP contribution in [0.5, 0.6) is 0 Å². The van der Waals surface area contributed by atoms with Crippen LogP contribution in [0.3, 0.4) is 0 Å². The van der Waals surface area contributed by atoms with Gasteiger partial charge in [-0.3, -0.25) is 19.3 Å². The number of pyridine rings is 1. The molecule has 116 valence electrons. The molecule has 0 spiro atoms. The van der Waals surface area contributed by atoms with Crippen LogP contribution >= 0.6 is 0 Å². The van der Waals surface area contributed by atoms with Gasteiger partial charge in [0, 0.05) is 19.2 Å². The molecule has 6 nitrogen and oxygen atoms in total. The second-order valence-electron chi connectivity index (χ2n) is 5.33. The Hall–Kier alpha value is -3.02. The Labute approximate surface area is 133 Å². The minimum Gasteiger partial charge on any atom is -0.311 e. The van der Waals surface area contributed by atoms with E-state index in [0.29, 0.717) is 16.9 Å². The number of nitrogens with one attached hydrogen (secondary N) is 1. The standard InChI is InChI=1S/C17H15N3O3/c1-11-6-7-14(18-10-11)19-15(21)8-9-20-16(22)12-4-2-3-5-13(12)17(20)23/h2-7,10H,8-9H2,1H3,(H,18,19,21). The van der Waals surface area contributed by atoms with Gasteiger partial charge in [-0.1, -0.05) is 18.2 Å². The van der Waals surface area contributed by atoms with Gasteiger partial charge < -0.3 is 5.32 Å². The molecule has 1 aromatic heterocycles. The molecule has 1 aliphatic rings. The molecular formula is C17H15N3O3. The Morgan fingerprint density at radius 2 is 1.74 bits per heavy atom. The van der Waals surface area contributed by atoms with Crippen molar-refractivity contribution >= 4 is 23.5 Å². The first-order valence-corrected chi connectivity index (χ1v) is 7.24. The van der Waals surface area contributed by atoms with Crippen LogP contribution in [-0.2, 0) is 4.79 Å². The highest BCUT2D eigenvalue weighted by Crippen LogP contribution is 2.22. The summed E-state index contributed by atoms with van der Waals surface area (Å²) in [6, 6.07) is 10.2. The van der Waals surface area contributed by atoms with E-state index >= 15 is 0 Å². The van der Waals surface area contributed by atoms with Gasteiger partial charge in [0.25, 0.3) is 11.8 Å². The van der Waals surface area contributed by atoms with E-state index in [9.17, 15) is 14.4 Å². The summed E-state index contributed by atoms with van der Waals surface area (Å²) in [6.07, 6.45) is 1.68. The molecule has 0 radical (unpaired) electrons. The lowest BCUT2D eigenvalue weighted by molar-refractivity contribution is -0.116. The maximum atomic E-state index is 12.2. The number of amides is 3. The number of carbonyl (C=O) groups is 3. The van der Waals surface area contributed by atoms with Gasteiger partial charge in [0.1, 0.15) is 5.82 Å². The fourth-order valence-corrected chi connectivity index (χ4v) is 2.40. The van der Waals surface area contributed by atoms with Crippen LogP contribution < -0.4 is 5.32 Å². The summed E-state index contributed by atoms with van der Waals surface area (Å²) in [5.74, 6) is -0.556. The molecule has 2 aromatic rings. The minimum atomic E-state index is -0.355. The predicted octanol–water partition coefficient (Wildman–Crippen LogP) is 2.01. The molecule has 0 bridgehead atoms. The number of carbonyl (C=O) groups excluding carboxylic acids is 3. The fourth-order valence-electron chi connectivity index (χ4n) is 2.40. The van der Waals surface area contributed by atoms with Gasteiger partial charge in [0.15, 0.2) is 0 Å². The van der Waals surface area contributed by atoms with Crippen molar-refractivity contribution in [3.63, 3.8) is 0 Å². The third-order valence-corrected chi connectivity index (χ3v) is 3.62. The number of hydrogen-bond donors (Lipinski definition) is 1. The van der Waals surface area contributed by atoms with E-state index in [4.69, 9.17) is 0 Å². The lowest BCUT2D eigenvalue weighted by Crippen LogP contribution is -2.32. The second-order valence-corrected chi connectivity index (χ2v) is 5.33. The number of anilines is 1. The molecule has 0 aliphatic carbocycles. The molecule has 3 rings (SSSR count).